The first-order valence-corrected chi connectivity index (χ1v) is 3.64. The lowest BCUT2D eigenvalue weighted by Gasteiger charge is -1.93. The van der Waals surface area contributed by atoms with Gasteiger partial charge in [0.15, 0.2) is 0 Å². The van der Waals surface area contributed by atoms with Crippen LogP contribution in [0.4, 0.5) is 0 Å². The SMILES string of the molecule is O=C(O)Cc1nnc2ncccn12. The van der Waals surface area contributed by atoms with Gasteiger partial charge in [-0.05, 0) is 6.07 Å². The molecule has 0 atom stereocenters. The highest BCUT2D eigenvalue weighted by Gasteiger charge is 2.08. The normalized spacial score (nSPS) is 10.5. The van der Waals surface area contributed by atoms with E-state index in [-0.39, 0.29) is 6.42 Å². The Morgan fingerprint density at radius 3 is 3.15 bits per heavy atom. The van der Waals surface area contributed by atoms with Crippen LogP contribution in [0.5, 0.6) is 0 Å². The molecule has 0 saturated carbocycles. The lowest BCUT2D eigenvalue weighted by Crippen LogP contribution is -2.04. The summed E-state index contributed by atoms with van der Waals surface area (Å²) in [6.07, 6.45) is 3.11. The molecular weight excluding hydrogens is 172 g/mol. The molecule has 1 N–H and O–H groups in total. The number of aromatic nitrogens is 4. The summed E-state index contributed by atoms with van der Waals surface area (Å²) >= 11 is 0. The van der Waals surface area contributed by atoms with Gasteiger partial charge in [-0.1, -0.05) is 0 Å². The maximum atomic E-state index is 10.4. The minimum absolute atomic E-state index is 0.146. The molecule has 0 aliphatic rings. The van der Waals surface area contributed by atoms with Crippen molar-refractivity contribution in [2.75, 3.05) is 0 Å². The predicted molar refractivity (Wildman–Crippen MR) is 42.1 cm³/mol. The zero-order valence-corrected chi connectivity index (χ0v) is 6.58. The van der Waals surface area contributed by atoms with E-state index in [4.69, 9.17) is 5.11 Å². The number of carboxylic acids is 1. The van der Waals surface area contributed by atoms with E-state index in [1.807, 2.05) is 0 Å². The zero-order valence-electron chi connectivity index (χ0n) is 6.58. The number of aliphatic carboxylic acids is 1. The average molecular weight is 178 g/mol. The van der Waals surface area contributed by atoms with Gasteiger partial charge in [0.2, 0.25) is 0 Å². The summed E-state index contributed by atoms with van der Waals surface area (Å²) in [4.78, 5) is 14.3. The molecule has 66 valence electrons. The third-order valence-corrected chi connectivity index (χ3v) is 1.57. The lowest BCUT2D eigenvalue weighted by atomic mass is 10.4. The maximum absolute atomic E-state index is 10.4. The molecule has 2 heterocycles. The van der Waals surface area contributed by atoms with Crippen LogP contribution in [0.2, 0.25) is 0 Å². The van der Waals surface area contributed by atoms with Crippen molar-refractivity contribution in [3.8, 4) is 0 Å². The molecule has 2 aromatic heterocycles. The van der Waals surface area contributed by atoms with Gasteiger partial charge in [0, 0.05) is 12.4 Å². The third kappa shape index (κ3) is 1.33. The molecule has 13 heavy (non-hydrogen) atoms. The zero-order chi connectivity index (χ0) is 9.26. The van der Waals surface area contributed by atoms with E-state index in [2.05, 4.69) is 15.2 Å². The summed E-state index contributed by atoms with van der Waals surface area (Å²) in [7, 11) is 0. The maximum Gasteiger partial charge on any atom is 0.311 e. The second-order valence-corrected chi connectivity index (χ2v) is 2.48. The molecule has 0 unspecified atom stereocenters. The van der Waals surface area contributed by atoms with Crippen molar-refractivity contribution in [1.82, 2.24) is 19.6 Å². The van der Waals surface area contributed by atoms with E-state index in [9.17, 15) is 4.79 Å². The largest absolute Gasteiger partial charge is 0.481 e. The van der Waals surface area contributed by atoms with Gasteiger partial charge < -0.3 is 5.11 Å². The van der Waals surface area contributed by atoms with Gasteiger partial charge >= 0.3 is 5.97 Å². The smallest absolute Gasteiger partial charge is 0.311 e. The molecule has 6 heteroatoms. The molecule has 0 aliphatic heterocycles. The summed E-state index contributed by atoms with van der Waals surface area (Å²) in [6.45, 7) is 0. The first-order valence-electron chi connectivity index (χ1n) is 3.64. The van der Waals surface area contributed by atoms with Crippen molar-refractivity contribution in [3.63, 3.8) is 0 Å². The van der Waals surface area contributed by atoms with E-state index in [1.54, 1.807) is 22.9 Å². The third-order valence-electron chi connectivity index (χ3n) is 1.57. The molecule has 0 aliphatic carbocycles. The first-order chi connectivity index (χ1) is 6.27. The fraction of sp³-hybridized carbons (Fsp3) is 0.143. The molecule has 0 fully saturated rings. The van der Waals surface area contributed by atoms with Crippen molar-refractivity contribution < 1.29 is 9.90 Å². The molecule has 0 amide bonds. The minimum Gasteiger partial charge on any atom is -0.481 e. The van der Waals surface area contributed by atoms with E-state index >= 15 is 0 Å². The van der Waals surface area contributed by atoms with Crippen LogP contribution in [0.15, 0.2) is 18.5 Å². The number of fused-ring (bicyclic) bond motifs is 1. The first kappa shape index (κ1) is 7.66. The highest BCUT2D eigenvalue weighted by molar-refractivity contribution is 5.69. The van der Waals surface area contributed by atoms with E-state index < -0.39 is 5.97 Å². The minimum atomic E-state index is -0.932. The van der Waals surface area contributed by atoms with Crippen LogP contribution in [-0.2, 0) is 11.2 Å². The van der Waals surface area contributed by atoms with E-state index in [1.165, 1.54) is 0 Å². The number of hydrogen-bond donors (Lipinski definition) is 1. The van der Waals surface area contributed by atoms with E-state index in [0.717, 1.165) is 0 Å². The highest BCUT2D eigenvalue weighted by atomic mass is 16.4. The average Bonchev–Trinajstić information content (AvgIpc) is 2.48. The molecule has 0 radical (unpaired) electrons. The second kappa shape index (κ2) is 2.81. The van der Waals surface area contributed by atoms with E-state index in [0.29, 0.717) is 11.6 Å². The van der Waals surface area contributed by atoms with Crippen LogP contribution >= 0.6 is 0 Å². The fourth-order valence-corrected chi connectivity index (χ4v) is 1.04. The molecule has 0 aromatic carbocycles. The Labute approximate surface area is 72.9 Å². The Hall–Kier alpha value is -1.98. The van der Waals surface area contributed by atoms with Crippen LogP contribution in [-0.4, -0.2) is 30.7 Å². The molecule has 0 bridgehead atoms. The summed E-state index contributed by atoms with van der Waals surface area (Å²) in [5.41, 5.74) is 0. The molecule has 2 aromatic rings. The summed E-state index contributed by atoms with van der Waals surface area (Å²) in [6, 6.07) is 1.70. The van der Waals surface area contributed by atoms with Crippen LogP contribution in [0.3, 0.4) is 0 Å². The Bertz CT molecular complexity index is 450. The van der Waals surface area contributed by atoms with Gasteiger partial charge in [-0.2, -0.15) is 0 Å². The van der Waals surface area contributed by atoms with Crippen LogP contribution in [0.25, 0.3) is 5.78 Å². The molecular formula is C7H6N4O2. The second-order valence-electron chi connectivity index (χ2n) is 2.48. The van der Waals surface area contributed by atoms with Crippen molar-refractivity contribution in [3.05, 3.63) is 24.3 Å². The standard InChI is InChI=1S/C7H6N4O2/c12-6(13)4-5-9-10-7-8-2-1-3-11(5)7/h1-3H,4H2,(H,12,13). The Balaban J connectivity index is 2.51. The summed E-state index contributed by atoms with van der Waals surface area (Å²) < 4.78 is 1.55. The van der Waals surface area contributed by atoms with Crippen LogP contribution in [0, 0.1) is 0 Å². The number of hydrogen-bond acceptors (Lipinski definition) is 4. The highest BCUT2D eigenvalue weighted by Crippen LogP contribution is 1.99. The fourth-order valence-electron chi connectivity index (χ4n) is 1.04. The molecule has 6 nitrogen and oxygen atoms in total. The monoisotopic (exact) mass is 178 g/mol. The number of rotatable bonds is 2. The Morgan fingerprint density at radius 2 is 2.38 bits per heavy atom. The van der Waals surface area contributed by atoms with Crippen molar-refractivity contribution in [2.45, 2.75) is 6.42 Å². The molecule has 0 saturated heterocycles. The van der Waals surface area contributed by atoms with Crippen molar-refractivity contribution in [2.24, 2.45) is 0 Å². The van der Waals surface area contributed by atoms with Gasteiger partial charge in [-0.3, -0.25) is 9.20 Å². The Kier molecular flexibility index (Phi) is 1.66. The van der Waals surface area contributed by atoms with Crippen molar-refractivity contribution in [1.29, 1.82) is 0 Å². The topological polar surface area (TPSA) is 80.4 Å². The predicted octanol–water partition coefficient (Wildman–Crippen LogP) is -0.249. The lowest BCUT2D eigenvalue weighted by molar-refractivity contribution is -0.136. The van der Waals surface area contributed by atoms with Crippen LogP contribution < -0.4 is 0 Å². The summed E-state index contributed by atoms with van der Waals surface area (Å²) in [5.74, 6) is -0.132. The van der Waals surface area contributed by atoms with Crippen LogP contribution in [0.1, 0.15) is 5.82 Å². The van der Waals surface area contributed by atoms with Crippen molar-refractivity contribution >= 4 is 11.7 Å². The van der Waals surface area contributed by atoms with Gasteiger partial charge in [-0.25, -0.2) is 4.98 Å². The van der Waals surface area contributed by atoms with Gasteiger partial charge in [-0.15, -0.1) is 10.2 Å². The molecule has 0 spiro atoms. The quantitative estimate of drug-likeness (QED) is 0.685. The Morgan fingerprint density at radius 1 is 1.54 bits per heavy atom. The van der Waals surface area contributed by atoms with Gasteiger partial charge in [0.05, 0.1) is 0 Å². The number of carboxylic acid groups (broad SMARTS) is 1. The van der Waals surface area contributed by atoms with Gasteiger partial charge in [0.1, 0.15) is 12.2 Å². The summed E-state index contributed by atoms with van der Waals surface area (Å²) in [5, 5.41) is 16.0. The number of nitrogens with zero attached hydrogens (tertiary/aromatic N) is 4. The molecule has 2 rings (SSSR count). The number of carbonyl (C=O) groups is 1. The van der Waals surface area contributed by atoms with Gasteiger partial charge in [0.25, 0.3) is 5.78 Å².